The van der Waals surface area contributed by atoms with Gasteiger partial charge in [0, 0.05) is 6.42 Å². The summed E-state index contributed by atoms with van der Waals surface area (Å²) >= 11 is 0. The molecule has 0 aliphatic rings. The van der Waals surface area contributed by atoms with Crippen LogP contribution in [0.25, 0.3) is 0 Å². The SMILES string of the molecule is C[n+]1ccn(CCCS(=O)(=O)Nc2ccccc2O)c1. The van der Waals surface area contributed by atoms with Crippen molar-refractivity contribution < 1.29 is 18.1 Å². The van der Waals surface area contributed by atoms with Crippen molar-refractivity contribution in [3.8, 4) is 5.75 Å². The van der Waals surface area contributed by atoms with E-state index in [2.05, 4.69) is 4.72 Å². The van der Waals surface area contributed by atoms with Gasteiger partial charge in [-0.15, -0.1) is 0 Å². The quantitative estimate of drug-likeness (QED) is 0.613. The number of aryl methyl sites for hydroxylation is 2. The number of hydrogen-bond donors (Lipinski definition) is 2. The summed E-state index contributed by atoms with van der Waals surface area (Å²) in [6, 6.07) is 6.27. The summed E-state index contributed by atoms with van der Waals surface area (Å²) in [6.45, 7) is 0.628. The highest BCUT2D eigenvalue weighted by atomic mass is 32.2. The number of nitrogens with one attached hydrogen (secondary N) is 1. The fourth-order valence-corrected chi connectivity index (χ4v) is 2.97. The Bertz CT molecular complexity index is 680. The summed E-state index contributed by atoms with van der Waals surface area (Å²) < 4.78 is 30.0. The van der Waals surface area contributed by atoms with Gasteiger partial charge >= 0.3 is 0 Å². The van der Waals surface area contributed by atoms with Crippen molar-refractivity contribution in [2.24, 2.45) is 7.05 Å². The Hall–Kier alpha value is -2.02. The van der Waals surface area contributed by atoms with Crippen molar-refractivity contribution in [1.82, 2.24) is 4.57 Å². The second-order valence-electron chi connectivity index (χ2n) is 4.61. The van der Waals surface area contributed by atoms with Crippen LogP contribution in [0.5, 0.6) is 5.75 Å². The molecule has 1 aromatic carbocycles. The number of sulfonamides is 1. The molecule has 0 saturated heterocycles. The first kappa shape index (κ1) is 14.4. The lowest BCUT2D eigenvalue weighted by Crippen LogP contribution is -2.24. The highest BCUT2D eigenvalue weighted by Crippen LogP contribution is 2.22. The van der Waals surface area contributed by atoms with Gasteiger partial charge in [0.25, 0.3) is 0 Å². The van der Waals surface area contributed by atoms with E-state index in [0.717, 1.165) is 0 Å². The number of hydrogen-bond acceptors (Lipinski definition) is 3. The number of para-hydroxylation sites is 2. The summed E-state index contributed by atoms with van der Waals surface area (Å²) in [7, 11) is -1.54. The van der Waals surface area contributed by atoms with Gasteiger partial charge in [-0.25, -0.2) is 17.6 Å². The molecule has 1 heterocycles. The van der Waals surface area contributed by atoms with E-state index in [1.54, 1.807) is 12.1 Å². The zero-order chi connectivity index (χ0) is 14.6. The molecule has 2 N–H and O–H groups in total. The summed E-state index contributed by atoms with van der Waals surface area (Å²) in [5, 5.41) is 9.55. The third-order valence-corrected chi connectivity index (χ3v) is 4.18. The Morgan fingerprint density at radius 1 is 1.35 bits per heavy atom. The molecule has 0 fully saturated rings. The zero-order valence-electron chi connectivity index (χ0n) is 11.2. The molecule has 0 spiro atoms. The minimum atomic E-state index is -3.45. The Morgan fingerprint density at radius 2 is 2.10 bits per heavy atom. The maximum absolute atomic E-state index is 11.9. The molecular formula is C13H18N3O3S+. The van der Waals surface area contributed by atoms with Gasteiger partial charge in [-0.05, 0) is 12.1 Å². The van der Waals surface area contributed by atoms with Crippen LogP contribution in [0, 0.1) is 0 Å². The highest BCUT2D eigenvalue weighted by Gasteiger charge is 2.13. The Labute approximate surface area is 118 Å². The molecule has 0 saturated carbocycles. The zero-order valence-corrected chi connectivity index (χ0v) is 12.0. The van der Waals surface area contributed by atoms with Crippen molar-refractivity contribution in [2.45, 2.75) is 13.0 Å². The van der Waals surface area contributed by atoms with E-state index in [0.29, 0.717) is 13.0 Å². The largest absolute Gasteiger partial charge is 0.506 e. The van der Waals surface area contributed by atoms with Crippen LogP contribution in [-0.2, 0) is 23.6 Å². The smallest absolute Gasteiger partial charge is 0.243 e. The monoisotopic (exact) mass is 296 g/mol. The van der Waals surface area contributed by atoms with Crippen molar-refractivity contribution in [2.75, 3.05) is 10.5 Å². The van der Waals surface area contributed by atoms with Crippen LogP contribution in [0.3, 0.4) is 0 Å². The van der Waals surface area contributed by atoms with Crippen molar-refractivity contribution in [1.29, 1.82) is 0 Å². The highest BCUT2D eigenvalue weighted by molar-refractivity contribution is 7.92. The average molecular weight is 296 g/mol. The maximum Gasteiger partial charge on any atom is 0.243 e. The number of anilines is 1. The number of rotatable bonds is 6. The van der Waals surface area contributed by atoms with Gasteiger partial charge in [0.15, 0.2) is 0 Å². The Morgan fingerprint density at radius 3 is 2.75 bits per heavy atom. The number of benzene rings is 1. The lowest BCUT2D eigenvalue weighted by Gasteiger charge is -2.08. The van der Waals surface area contributed by atoms with Gasteiger partial charge in [-0.1, -0.05) is 12.1 Å². The van der Waals surface area contributed by atoms with E-state index in [1.165, 1.54) is 12.1 Å². The molecule has 7 heteroatoms. The second kappa shape index (κ2) is 5.96. The molecule has 6 nitrogen and oxygen atoms in total. The normalized spacial score (nSPS) is 11.4. The number of aromatic nitrogens is 2. The van der Waals surface area contributed by atoms with Crippen LogP contribution in [0.2, 0.25) is 0 Å². The van der Waals surface area contributed by atoms with Crippen LogP contribution in [0.15, 0.2) is 43.0 Å². The van der Waals surface area contributed by atoms with Crippen molar-refractivity contribution in [3.05, 3.63) is 43.0 Å². The van der Waals surface area contributed by atoms with E-state index in [-0.39, 0.29) is 17.2 Å². The van der Waals surface area contributed by atoms with Gasteiger partial charge in [-0.3, -0.25) is 4.72 Å². The fourth-order valence-electron chi connectivity index (χ4n) is 1.85. The van der Waals surface area contributed by atoms with E-state index < -0.39 is 10.0 Å². The van der Waals surface area contributed by atoms with E-state index in [9.17, 15) is 13.5 Å². The molecule has 0 unspecified atom stereocenters. The van der Waals surface area contributed by atoms with Gasteiger partial charge < -0.3 is 5.11 Å². The lowest BCUT2D eigenvalue weighted by molar-refractivity contribution is -0.671. The molecule has 1 aromatic heterocycles. The topological polar surface area (TPSA) is 75.2 Å². The molecular weight excluding hydrogens is 278 g/mol. The summed E-state index contributed by atoms with van der Waals surface area (Å²) in [6.07, 6.45) is 6.18. The summed E-state index contributed by atoms with van der Waals surface area (Å²) in [5.74, 6) is -0.0723. The second-order valence-corrected chi connectivity index (χ2v) is 6.45. The minimum absolute atomic E-state index is 0.00320. The first-order valence-electron chi connectivity index (χ1n) is 6.26. The van der Waals surface area contributed by atoms with Crippen LogP contribution < -0.4 is 9.29 Å². The number of nitrogens with zero attached hydrogens (tertiary/aromatic N) is 2. The molecule has 0 bridgehead atoms. The predicted octanol–water partition coefficient (Wildman–Crippen LogP) is 0.850. The molecule has 2 aromatic rings. The Balaban J connectivity index is 1.90. The first-order valence-corrected chi connectivity index (χ1v) is 7.91. The van der Waals surface area contributed by atoms with Crippen LogP contribution in [0.4, 0.5) is 5.69 Å². The van der Waals surface area contributed by atoms with E-state index in [1.807, 2.05) is 34.9 Å². The minimum Gasteiger partial charge on any atom is -0.506 e. The van der Waals surface area contributed by atoms with Gasteiger partial charge in [-0.2, -0.15) is 0 Å². The lowest BCUT2D eigenvalue weighted by atomic mass is 10.3. The van der Waals surface area contributed by atoms with Crippen LogP contribution >= 0.6 is 0 Å². The molecule has 108 valence electrons. The Kier molecular flexibility index (Phi) is 4.29. The third-order valence-electron chi connectivity index (χ3n) is 2.82. The average Bonchev–Trinajstić information content (AvgIpc) is 2.77. The van der Waals surface area contributed by atoms with Crippen molar-refractivity contribution >= 4 is 15.7 Å². The van der Waals surface area contributed by atoms with Gasteiger partial charge in [0.2, 0.25) is 16.4 Å². The number of aromatic hydroxyl groups is 1. The number of phenols is 1. The molecule has 0 radical (unpaired) electrons. The summed E-state index contributed by atoms with van der Waals surface area (Å²) in [4.78, 5) is 0. The molecule has 0 aliphatic carbocycles. The first-order chi connectivity index (χ1) is 9.46. The molecule has 0 aliphatic heterocycles. The number of phenolic OH excluding ortho intramolecular Hbond substituents is 1. The van der Waals surface area contributed by atoms with Gasteiger partial charge in [0.05, 0.1) is 25.0 Å². The van der Waals surface area contributed by atoms with Crippen LogP contribution in [-0.4, -0.2) is 23.8 Å². The number of imidazole rings is 1. The van der Waals surface area contributed by atoms with Gasteiger partial charge in [0.1, 0.15) is 18.1 Å². The third kappa shape index (κ3) is 3.99. The van der Waals surface area contributed by atoms with Crippen molar-refractivity contribution in [3.63, 3.8) is 0 Å². The van der Waals surface area contributed by atoms with Crippen LogP contribution in [0.1, 0.15) is 6.42 Å². The molecule has 2 rings (SSSR count). The molecule has 0 atom stereocenters. The molecule has 0 amide bonds. The predicted molar refractivity (Wildman–Crippen MR) is 75.7 cm³/mol. The standard InChI is InChI=1S/C13H17N3O3S/c1-15-8-9-16(11-15)7-4-10-20(18,19)14-12-5-2-3-6-13(12)17/h2-3,5-6,8-9,11,14H,4,7,10H2,1H3/p+1. The van der Waals surface area contributed by atoms with E-state index in [4.69, 9.17) is 0 Å². The fraction of sp³-hybridized carbons (Fsp3) is 0.308. The summed E-state index contributed by atoms with van der Waals surface area (Å²) in [5.41, 5.74) is 0.208. The molecule has 20 heavy (non-hydrogen) atoms. The maximum atomic E-state index is 11.9. The van der Waals surface area contributed by atoms with E-state index >= 15 is 0 Å².